The van der Waals surface area contributed by atoms with Gasteiger partial charge < -0.3 is 15.4 Å². The van der Waals surface area contributed by atoms with E-state index in [4.69, 9.17) is 4.74 Å². The topological polar surface area (TPSA) is 93.2 Å². The maximum atomic E-state index is 12.8. The minimum atomic E-state index is -0.170. The Morgan fingerprint density at radius 2 is 1.93 bits per heavy atom. The fourth-order valence-corrected chi connectivity index (χ4v) is 3.87. The molecule has 1 atom stereocenters. The van der Waals surface area contributed by atoms with E-state index in [2.05, 4.69) is 20.6 Å². The van der Waals surface area contributed by atoms with E-state index in [0.717, 1.165) is 37.9 Å². The van der Waals surface area contributed by atoms with Crippen molar-refractivity contribution < 1.29 is 14.3 Å². The summed E-state index contributed by atoms with van der Waals surface area (Å²) in [6.45, 7) is 2.27. The maximum absolute atomic E-state index is 12.8. The van der Waals surface area contributed by atoms with Gasteiger partial charge in [0, 0.05) is 31.9 Å². The number of aromatic nitrogens is 2. The van der Waals surface area contributed by atoms with Crippen LogP contribution in [-0.2, 0) is 4.79 Å². The third-order valence-electron chi connectivity index (χ3n) is 5.50. The Labute approximate surface area is 171 Å². The largest absolute Gasteiger partial charge is 0.481 e. The molecule has 1 aliphatic carbocycles. The fourth-order valence-electron chi connectivity index (χ4n) is 3.87. The Morgan fingerprint density at radius 1 is 1.14 bits per heavy atom. The number of nitrogens with zero attached hydrogens (tertiary/aromatic N) is 2. The van der Waals surface area contributed by atoms with Gasteiger partial charge in [-0.25, -0.2) is 4.98 Å². The number of hydrogen-bond acceptors (Lipinski definition) is 5. The molecule has 7 heteroatoms. The first-order chi connectivity index (χ1) is 14.1. The molecule has 1 aliphatic rings. The highest BCUT2D eigenvalue weighted by atomic mass is 16.5. The number of ether oxygens (including phenoxy) is 1. The molecule has 1 saturated carbocycles. The molecule has 2 aromatic rings. The molecule has 0 spiro atoms. The minimum Gasteiger partial charge on any atom is -0.481 e. The zero-order valence-electron chi connectivity index (χ0n) is 16.9. The molecule has 0 radical (unpaired) electrons. The Bertz CT molecular complexity index is 803. The van der Waals surface area contributed by atoms with Crippen molar-refractivity contribution in [1.29, 1.82) is 0 Å². The van der Waals surface area contributed by atoms with Crippen LogP contribution >= 0.6 is 0 Å². The number of carbonyl (C=O) groups excluding carboxylic acids is 2. The van der Waals surface area contributed by atoms with Crippen LogP contribution in [0.15, 0.2) is 42.7 Å². The number of amides is 2. The molecule has 0 aliphatic heterocycles. The quantitative estimate of drug-likeness (QED) is 0.751. The zero-order chi connectivity index (χ0) is 20.6. The van der Waals surface area contributed by atoms with Crippen LogP contribution in [0.5, 0.6) is 5.88 Å². The van der Waals surface area contributed by atoms with E-state index in [1.807, 2.05) is 18.2 Å². The molecule has 0 aromatic carbocycles. The van der Waals surface area contributed by atoms with Crippen LogP contribution in [0.25, 0.3) is 0 Å². The Balaban J connectivity index is 1.69. The minimum absolute atomic E-state index is 0.0128. The Morgan fingerprint density at radius 3 is 2.52 bits per heavy atom. The summed E-state index contributed by atoms with van der Waals surface area (Å²) in [7, 11) is 1.54. The monoisotopic (exact) mass is 396 g/mol. The van der Waals surface area contributed by atoms with Gasteiger partial charge in [0.15, 0.2) is 0 Å². The number of rotatable bonds is 7. The molecule has 1 fully saturated rings. The van der Waals surface area contributed by atoms with Gasteiger partial charge in [-0.3, -0.25) is 14.6 Å². The molecule has 154 valence electrons. The molecule has 2 amide bonds. The molecule has 3 rings (SSSR count). The second-order valence-electron chi connectivity index (χ2n) is 7.51. The van der Waals surface area contributed by atoms with Gasteiger partial charge in [0.05, 0.1) is 24.4 Å². The lowest BCUT2D eigenvalue weighted by Gasteiger charge is -2.34. The molecule has 2 aromatic heterocycles. The van der Waals surface area contributed by atoms with E-state index in [9.17, 15) is 9.59 Å². The summed E-state index contributed by atoms with van der Waals surface area (Å²) in [6.07, 6.45) is 7.28. The number of nitrogens with one attached hydrogen (secondary N) is 2. The van der Waals surface area contributed by atoms with Crippen molar-refractivity contribution in [3.63, 3.8) is 0 Å². The summed E-state index contributed by atoms with van der Waals surface area (Å²) in [5, 5.41) is 6.09. The highest BCUT2D eigenvalue weighted by Gasteiger charge is 2.30. The van der Waals surface area contributed by atoms with Crippen molar-refractivity contribution in [3.8, 4) is 5.88 Å². The van der Waals surface area contributed by atoms with E-state index in [0.29, 0.717) is 23.3 Å². The summed E-state index contributed by atoms with van der Waals surface area (Å²) in [5.41, 5.74) is 1.36. The number of carbonyl (C=O) groups is 2. The predicted molar refractivity (Wildman–Crippen MR) is 109 cm³/mol. The highest BCUT2D eigenvalue weighted by Crippen LogP contribution is 2.36. The van der Waals surface area contributed by atoms with Crippen LogP contribution in [0.4, 0.5) is 0 Å². The number of hydrogen-bond donors (Lipinski definition) is 2. The lowest BCUT2D eigenvalue weighted by Crippen LogP contribution is -2.37. The van der Waals surface area contributed by atoms with Crippen molar-refractivity contribution in [2.45, 2.75) is 38.6 Å². The van der Waals surface area contributed by atoms with Crippen molar-refractivity contribution in [2.24, 2.45) is 11.8 Å². The first kappa shape index (κ1) is 20.8. The van der Waals surface area contributed by atoms with Gasteiger partial charge in [0.25, 0.3) is 5.91 Å². The molecule has 0 saturated heterocycles. The molecular weight excluding hydrogens is 368 g/mol. The van der Waals surface area contributed by atoms with E-state index in [-0.39, 0.29) is 17.9 Å². The average molecular weight is 396 g/mol. The van der Waals surface area contributed by atoms with Crippen LogP contribution in [-0.4, -0.2) is 35.4 Å². The molecule has 7 nitrogen and oxygen atoms in total. The van der Waals surface area contributed by atoms with Crippen molar-refractivity contribution in [2.75, 3.05) is 13.7 Å². The van der Waals surface area contributed by atoms with Crippen molar-refractivity contribution in [3.05, 3.63) is 54.0 Å². The van der Waals surface area contributed by atoms with E-state index >= 15 is 0 Å². The van der Waals surface area contributed by atoms with Crippen LogP contribution in [0.3, 0.4) is 0 Å². The van der Waals surface area contributed by atoms with Gasteiger partial charge in [-0.05, 0) is 55.7 Å². The predicted octanol–water partition coefficient (Wildman–Crippen LogP) is 2.90. The molecule has 29 heavy (non-hydrogen) atoms. The SMILES string of the molecule is COc1ccc(C(=O)N[C@H](c2ccccn2)C2CCC(CNC(C)=O)CC2)cn1. The standard InChI is InChI=1S/C22H28N4O3/c1-15(27)24-13-16-6-8-17(9-7-16)21(19-5-3-4-12-23-19)26-22(28)18-10-11-20(29-2)25-14-18/h3-5,10-12,14,16-17,21H,6-9,13H2,1-2H3,(H,24,27)(H,26,28)/t16?,17?,21-/m0/s1. The molecule has 0 unspecified atom stereocenters. The zero-order valence-corrected chi connectivity index (χ0v) is 16.9. The third-order valence-corrected chi connectivity index (χ3v) is 5.50. The Hall–Kier alpha value is -2.96. The van der Waals surface area contributed by atoms with E-state index in [1.165, 1.54) is 6.20 Å². The first-order valence-electron chi connectivity index (χ1n) is 10.0. The van der Waals surface area contributed by atoms with Gasteiger partial charge in [-0.1, -0.05) is 6.07 Å². The van der Waals surface area contributed by atoms with E-state index < -0.39 is 0 Å². The van der Waals surface area contributed by atoms with Gasteiger partial charge in [0.2, 0.25) is 11.8 Å². The smallest absolute Gasteiger partial charge is 0.253 e. The number of methoxy groups -OCH3 is 1. The van der Waals surface area contributed by atoms with Crippen LogP contribution in [0.2, 0.25) is 0 Å². The molecule has 0 bridgehead atoms. The van der Waals surface area contributed by atoms with Gasteiger partial charge >= 0.3 is 0 Å². The molecule has 2 heterocycles. The summed E-state index contributed by atoms with van der Waals surface area (Å²) < 4.78 is 5.06. The number of pyridine rings is 2. The lowest BCUT2D eigenvalue weighted by atomic mass is 9.77. The lowest BCUT2D eigenvalue weighted by molar-refractivity contribution is -0.119. The maximum Gasteiger partial charge on any atom is 0.253 e. The second kappa shape index (κ2) is 10.0. The molecular formula is C22H28N4O3. The van der Waals surface area contributed by atoms with Crippen LogP contribution in [0, 0.1) is 11.8 Å². The normalized spacial score (nSPS) is 19.8. The second-order valence-corrected chi connectivity index (χ2v) is 7.51. The average Bonchev–Trinajstić information content (AvgIpc) is 2.77. The van der Waals surface area contributed by atoms with Gasteiger partial charge in [-0.15, -0.1) is 0 Å². The Kier molecular flexibility index (Phi) is 7.16. The summed E-state index contributed by atoms with van der Waals surface area (Å²) in [4.78, 5) is 32.6. The third kappa shape index (κ3) is 5.76. The van der Waals surface area contributed by atoms with Crippen molar-refractivity contribution >= 4 is 11.8 Å². The summed E-state index contributed by atoms with van der Waals surface area (Å²) in [5.74, 6) is 1.10. The summed E-state index contributed by atoms with van der Waals surface area (Å²) in [6, 6.07) is 9.01. The molecule has 2 N–H and O–H groups in total. The van der Waals surface area contributed by atoms with Crippen molar-refractivity contribution in [1.82, 2.24) is 20.6 Å². The van der Waals surface area contributed by atoms with Gasteiger partial charge in [0.1, 0.15) is 0 Å². The van der Waals surface area contributed by atoms with E-state index in [1.54, 1.807) is 32.4 Å². The first-order valence-corrected chi connectivity index (χ1v) is 10.0. The highest BCUT2D eigenvalue weighted by molar-refractivity contribution is 5.94. The summed E-state index contributed by atoms with van der Waals surface area (Å²) >= 11 is 0. The van der Waals surface area contributed by atoms with Gasteiger partial charge in [-0.2, -0.15) is 0 Å². The van der Waals surface area contributed by atoms with Crippen LogP contribution < -0.4 is 15.4 Å². The van der Waals surface area contributed by atoms with Crippen LogP contribution in [0.1, 0.15) is 54.7 Å². The fraction of sp³-hybridized carbons (Fsp3) is 0.455.